The molecule has 1 aliphatic heterocycles. The lowest BCUT2D eigenvalue weighted by Crippen LogP contribution is -2.54. The summed E-state index contributed by atoms with van der Waals surface area (Å²) in [5, 5.41) is 18.1. The van der Waals surface area contributed by atoms with Crippen LogP contribution < -0.4 is 10.6 Å². The van der Waals surface area contributed by atoms with Crippen LogP contribution in [0, 0.1) is 11.3 Å². The second-order valence-corrected chi connectivity index (χ2v) is 11.9. The van der Waals surface area contributed by atoms with Crippen LogP contribution in [-0.4, -0.2) is 60.8 Å². The summed E-state index contributed by atoms with van der Waals surface area (Å²) in [5.74, 6) is -3.23. The van der Waals surface area contributed by atoms with E-state index in [1.54, 1.807) is 21.8 Å². The Balaban J connectivity index is 1.26. The lowest BCUT2D eigenvalue weighted by molar-refractivity contribution is -0.0495. The summed E-state index contributed by atoms with van der Waals surface area (Å²) >= 11 is 0. The van der Waals surface area contributed by atoms with Gasteiger partial charge in [-0.25, -0.2) is 27.7 Å². The van der Waals surface area contributed by atoms with E-state index in [2.05, 4.69) is 39.9 Å². The van der Waals surface area contributed by atoms with Crippen molar-refractivity contribution in [3.8, 4) is 0 Å². The van der Waals surface area contributed by atoms with Gasteiger partial charge >= 0.3 is 6.03 Å². The van der Waals surface area contributed by atoms with Crippen LogP contribution >= 0.6 is 0 Å². The van der Waals surface area contributed by atoms with Gasteiger partial charge in [-0.15, -0.1) is 0 Å². The average Bonchev–Trinajstić information content (AvgIpc) is 3.45. The van der Waals surface area contributed by atoms with Gasteiger partial charge < -0.3 is 15.5 Å². The van der Waals surface area contributed by atoms with Crippen LogP contribution in [0.5, 0.6) is 0 Å². The van der Waals surface area contributed by atoms with E-state index in [1.807, 2.05) is 6.07 Å². The van der Waals surface area contributed by atoms with E-state index >= 15 is 0 Å². The Bertz CT molecular complexity index is 1390. The maximum absolute atomic E-state index is 14.0. The molecular formula is C26H32F2N8O3. The molecule has 0 bridgehead atoms. The first-order valence-corrected chi connectivity index (χ1v) is 13.5. The Kier molecular flexibility index (Phi) is 6.26. The van der Waals surface area contributed by atoms with Crippen molar-refractivity contribution in [3.63, 3.8) is 0 Å². The molecule has 3 fully saturated rings. The van der Waals surface area contributed by atoms with Gasteiger partial charge in [-0.2, -0.15) is 5.10 Å². The normalized spacial score (nSPS) is 22.1. The van der Waals surface area contributed by atoms with Crippen LogP contribution in [0.1, 0.15) is 91.8 Å². The number of fused-ring (bicyclic) bond motifs is 1. The third-order valence-electron chi connectivity index (χ3n) is 7.92. The lowest BCUT2D eigenvalue weighted by atomic mass is 9.81. The first-order chi connectivity index (χ1) is 18.6. The summed E-state index contributed by atoms with van der Waals surface area (Å²) < 4.78 is 34.4. The molecule has 0 aromatic carbocycles. The van der Waals surface area contributed by atoms with Gasteiger partial charge in [-0.1, -0.05) is 19.0 Å². The maximum atomic E-state index is 14.0. The molecule has 0 spiro atoms. The molecule has 3 aliphatic rings. The van der Waals surface area contributed by atoms with Crippen LogP contribution in [0.3, 0.4) is 0 Å². The number of nitrogens with one attached hydrogen (secondary N) is 2. The Morgan fingerprint density at radius 3 is 2.74 bits per heavy atom. The standard InChI is InChI=1S/C26H32F2N8O3/c1-25(2)13-29-24(38)35(14-25)11-15-9-19-31-18(12-36(19)30-10-15)20(17-5-7-26(27,28)8-6-17)32-23(37)22-21(16-3-4-16)33-39-34-22/h9-10,12,16-17,20H,3-8,11,13-14H2,1-2H3,(H,29,38)(H,32,37). The zero-order chi connectivity index (χ0) is 27.4. The molecule has 1 saturated heterocycles. The molecule has 3 aromatic rings. The van der Waals surface area contributed by atoms with E-state index < -0.39 is 17.9 Å². The Morgan fingerprint density at radius 1 is 1.23 bits per heavy atom. The SMILES string of the molecule is CC1(C)CNC(=O)N(Cc2cnn3cc(C(NC(=O)c4nonc4C4CC4)C4CCC(F)(F)CC4)nc3c2)C1. The van der Waals surface area contributed by atoms with E-state index in [0.29, 0.717) is 36.7 Å². The molecule has 11 nitrogen and oxygen atoms in total. The third kappa shape index (κ3) is 5.44. The van der Waals surface area contributed by atoms with Gasteiger partial charge in [0.15, 0.2) is 11.3 Å². The zero-order valence-electron chi connectivity index (χ0n) is 22.0. The number of imidazole rings is 1. The highest BCUT2D eigenvalue weighted by Gasteiger charge is 2.40. The molecule has 3 amide bonds. The van der Waals surface area contributed by atoms with E-state index in [1.165, 1.54) is 0 Å². The van der Waals surface area contributed by atoms with Crippen LogP contribution in [0.25, 0.3) is 5.65 Å². The number of alkyl halides is 2. The monoisotopic (exact) mass is 542 g/mol. The number of urea groups is 1. The largest absolute Gasteiger partial charge is 0.342 e. The number of carbonyl (C=O) groups is 2. The highest BCUT2D eigenvalue weighted by atomic mass is 19.3. The summed E-state index contributed by atoms with van der Waals surface area (Å²) in [7, 11) is 0. The predicted octanol–water partition coefficient (Wildman–Crippen LogP) is 3.84. The smallest absolute Gasteiger partial charge is 0.317 e. The van der Waals surface area contributed by atoms with Crippen molar-refractivity contribution < 1.29 is 23.0 Å². The number of carbonyl (C=O) groups excluding carboxylic acids is 2. The van der Waals surface area contributed by atoms with Gasteiger partial charge in [0.1, 0.15) is 5.69 Å². The van der Waals surface area contributed by atoms with Crippen LogP contribution in [-0.2, 0) is 6.54 Å². The van der Waals surface area contributed by atoms with Crippen molar-refractivity contribution in [3.05, 3.63) is 41.1 Å². The number of aromatic nitrogens is 5. The Labute approximate surface area is 223 Å². The molecule has 0 radical (unpaired) electrons. The van der Waals surface area contributed by atoms with Gasteiger partial charge in [0.25, 0.3) is 5.91 Å². The van der Waals surface area contributed by atoms with Gasteiger partial charge in [0.2, 0.25) is 5.92 Å². The average molecular weight is 543 g/mol. The second-order valence-electron chi connectivity index (χ2n) is 11.9. The number of amides is 3. The van der Waals surface area contributed by atoms with Crippen molar-refractivity contribution >= 4 is 17.6 Å². The van der Waals surface area contributed by atoms with Gasteiger partial charge in [0.05, 0.1) is 24.1 Å². The van der Waals surface area contributed by atoms with E-state index in [4.69, 9.17) is 9.61 Å². The summed E-state index contributed by atoms with van der Waals surface area (Å²) in [4.78, 5) is 32.2. The van der Waals surface area contributed by atoms with Crippen molar-refractivity contribution in [2.75, 3.05) is 13.1 Å². The van der Waals surface area contributed by atoms with E-state index in [9.17, 15) is 18.4 Å². The molecular weight excluding hydrogens is 510 g/mol. The highest BCUT2D eigenvalue weighted by Crippen LogP contribution is 2.42. The van der Waals surface area contributed by atoms with E-state index in [0.717, 1.165) is 18.4 Å². The predicted molar refractivity (Wildman–Crippen MR) is 134 cm³/mol. The topological polar surface area (TPSA) is 131 Å². The summed E-state index contributed by atoms with van der Waals surface area (Å²) in [5.41, 5.74) is 2.51. The van der Waals surface area contributed by atoms with Crippen molar-refractivity contribution in [1.29, 1.82) is 0 Å². The third-order valence-corrected chi connectivity index (χ3v) is 7.92. The second kappa shape index (κ2) is 9.53. The summed E-state index contributed by atoms with van der Waals surface area (Å²) in [6.45, 7) is 5.81. The zero-order valence-corrected chi connectivity index (χ0v) is 22.0. The summed E-state index contributed by atoms with van der Waals surface area (Å²) in [6, 6.07) is 1.12. The van der Waals surface area contributed by atoms with Gasteiger partial charge in [-0.05, 0) is 53.8 Å². The maximum Gasteiger partial charge on any atom is 0.317 e. The number of nitrogens with zero attached hydrogens (tertiary/aromatic N) is 6. The van der Waals surface area contributed by atoms with Gasteiger partial charge in [0, 0.05) is 38.4 Å². The molecule has 2 saturated carbocycles. The molecule has 1 atom stereocenters. The summed E-state index contributed by atoms with van der Waals surface area (Å²) in [6.07, 6.45) is 5.26. The lowest BCUT2D eigenvalue weighted by Gasteiger charge is -2.38. The molecule has 4 heterocycles. The Hall–Kier alpha value is -3.64. The van der Waals surface area contributed by atoms with Crippen molar-refractivity contribution in [1.82, 2.24) is 40.4 Å². The molecule has 1 unspecified atom stereocenters. The minimum atomic E-state index is -2.70. The minimum absolute atomic E-state index is 0.0487. The fourth-order valence-electron chi connectivity index (χ4n) is 5.61. The van der Waals surface area contributed by atoms with Gasteiger partial charge in [-0.3, -0.25) is 4.79 Å². The van der Waals surface area contributed by atoms with Crippen LogP contribution in [0.4, 0.5) is 13.6 Å². The number of hydrogen-bond donors (Lipinski definition) is 2. The Morgan fingerprint density at radius 2 is 2.00 bits per heavy atom. The molecule has 208 valence electrons. The minimum Gasteiger partial charge on any atom is -0.342 e. The van der Waals surface area contributed by atoms with Crippen molar-refractivity contribution in [2.24, 2.45) is 11.3 Å². The number of hydrogen-bond acceptors (Lipinski definition) is 7. The van der Waals surface area contributed by atoms with Crippen LogP contribution in [0.15, 0.2) is 23.1 Å². The van der Waals surface area contributed by atoms with Crippen LogP contribution in [0.2, 0.25) is 0 Å². The first-order valence-electron chi connectivity index (χ1n) is 13.5. The first kappa shape index (κ1) is 25.6. The highest BCUT2D eigenvalue weighted by molar-refractivity contribution is 5.93. The molecule has 39 heavy (non-hydrogen) atoms. The fourth-order valence-corrected chi connectivity index (χ4v) is 5.61. The molecule has 2 N–H and O–H groups in total. The van der Waals surface area contributed by atoms with E-state index in [-0.39, 0.29) is 54.7 Å². The molecule has 13 heteroatoms. The van der Waals surface area contributed by atoms with Crippen molar-refractivity contribution in [2.45, 2.75) is 76.8 Å². The number of halogens is 2. The molecule has 6 rings (SSSR count). The molecule has 2 aliphatic carbocycles. The number of rotatable bonds is 7. The quantitative estimate of drug-likeness (QED) is 0.464. The molecule has 3 aromatic heterocycles. The fraction of sp³-hybridized carbons (Fsp3) is 0.615.